The highest BCUT2D eigenvalue weighted by Gasteiger charge is 2.12. The van der Waals surface area contributed by atoms with Gasteiger partial charge >= 0.3 is 0 Å². The third-order valence-corrected chi connectivity index (χ3v) is 3.30. The van der Waals surface area contributed by atoms with E-state index in [1.54, 1.807) is 30.3 Å². The van der Waals surface area contributed by atoms with Gasteiger partial charge in [-0.1, -0.05) is 29.8 Å². The van der Waals surface area contributed by atoms with Gasteiger partial charge < -0.3 is 4.72 Å². The lowest BCUT2D eigenvalue weighted by Gasteiger charge is -2.05. The molecule has 0 saturated carbocycles. The molecule has 0 bridgehead atoms. The predicted molar refractivity (Wildman–Crippen MR) is 74.0 cm³/mol. The predicted octanol–water partition coefficient (Wildman–Crippen LogP) is 4.37. The number of nitrogens with zero attached hydrogens (tertiary/aromatic N) is 1. The zero-order valence-electron chi connectivity index (χ0n) is 9.17. The number of anilines is 1. The molecule has 0 aliphatic heterocycles. The smallest absolute Gasteiger partial charge is 0.284 e. The SMILES string of the molecule is O=[N+]([O-])c1ccccc1SNc1cccc(Cl)c1. The van der Waals surface area contributed by atoms with E-state index in [4.69, 9.17) is 11.6 Å². The van der Waals surface area contributed by atoms with Crippen LogP contribution >= 0.6 is 23.5 Å². The van der Waals surface area contributed by atoms with Gasteiger partial charge in [0.1, 0.15) is 4.90 Å². The standard InChI is InChI=1S/C12H9ClN2O2S/c13-9-4-3-5-10(8-9)14-18-12-7-2-1-6-11(12)15(16)17/h1-8,14H. The maximum Gasteiger partial charge on any atom is 0.284 e. The molecular weight excluding hydrogens is 272 g/mol. The van der Waals surface area contributed by atoms with Crippen molar-refractivity contribution in [2.75, 3.05) is 4.72 Å². The van der Waals surface area contributed by atoms with Crippen molar-refractivity contribution >= 4 is 34.9 Å². The van der Waals surface area contributed by atoms with Gasteiger partial charge in [-0.3, -0.25) is 10.1 Å². The fourth-order valence-corrected chi connectivity index (χ4v) is 2.30. The van der Waals surface area contributed by atoms with Crippen LogP contribution in [0.2, 0.25) is 5.02 Å². The molecule has 0 aliphatic carbocycles. The summed E-state index contributed by atoms with van der Waals surface area (Å²) in [5.41, 5.74) is 0.877. The van der Waals surface area contributed by atoms with Gasteiger partial charge in [-0.2, -0.15) is 0 Å². The fraction of sp³-hybridized carbons (Fsp3) is 0. The Morgan fingerprint density at radius 2 is 1.94 bits per heavy atom. The normalized spacial score (nSPS) is 10.1. The topological polar surface area (TPSA) is 55.2 Å². The van der Waals surface area contributed by atoms with Gasteiger partial charge in [-0.25, -0.2) is 0 Å². The highest BCUT2D eigenvalue weighted by atomic mass is 35.5. The first-order valence-electron chi connectivity index (χ1n) is 5.08. The van der Waals surface area contributed by atoms with Crippen LogP contribution in [0.4, 0.5) is 11.4 Å². The number of hydrogen-bond donors (Lipinski definition) is 1. The Bertz CT molecular complexity index is 578. The molecule has 2 rings (SSSR count). The van der Waals surface area contributed by atoms with Crippen molar-refractivity contribution in [3.05, 3.63) is 63.7 Å². The van der Waals surface area contributed by atoms with Crippen molar-refractivity contribution in [2.45, 2.75) is 4.90 Å². The van der Waals surface area contributed by atoms with E-state index in [9.17, 15) is 10.1 Å². The Kier molecular flexibility index (Phi) is 4.07. The van der Waals surface area contributed by atoms with Crippen LogP contribution in [-0.4, -0.2) is 4.92 Å². The van der Waals surface area contributed by atoms with Gasteiger partial charge in [-0.05, 0) is 36.2 Å². The molecule has 0 amide bonds. The van der Waals surface area contributed by atoms with E-state index in [0.717, 1.165) is 5.69 Å². The molecule has 18 heavy (non-hydrogen) atoms. The van der Waals surface area contributed by atoms with E-state index in [0.29, 0.717) is 9.92 Å². The molecule has 0 heterocycles. The second-order valence-corrected chi connectivity index (χ2v) is 4.72. The van der Waals surface area contributed by atoms with Crippen molar-refractivity contribution in [2.24, 2.45) is 0 Å². The minimum Gasteiger partial charge on any atom is -0.325 e. The monoisotopic (exact) mass is 280 g/mol. The van der Waals surface area contributed by atoms with E-state index in [-0.39, 0.29) is 5.69 Å². The van der Waals surface area contributed by atoms with Crippen LogP contribution < -0.4 is 4.72 Å². The van der Waals surface area contributed by atoms with Gasteiger partial charge in [0.2, 0.25) is 0 Å². The Hall–Kier alpha value is -1.72. The molecular formula is C12H9ClN2O2S. The van der Waals surface area contributed by atoms with Crippen molar-refractivity contribution in [1.29, 1.82) is 0 Å². The van der Waals surface area contributed by atoms with E-state index in [1.165, 1.54) is 18.0 Å². The molecule has 2 aromatic rings. The zero-order chi connectivity index (χ0) is 13.0. The van der Waals surface area contributed by atoms with Crippen LogP contribution in [0.15, 0.2) is 53.4 Å². The first-order valence-corrected chi connectivity index (χ1v) is 6.28. The van der Waals surface area contributed by atoms with Crippen LogP contribution in [0.5, 0.6) is 0 Å². The summed E-state index contributed by atoms with van der Waals surface area (Å²) < 4.78 is 3.02. The number of halogens is 1. The Morgan fingerprint density at radius 1 is 1.17 bits per heavy atom. The summed E-state index contributed by atoms with van der Waals surface area (Å²) in [6, 6.07) is 13.7. The maximum absolute atomic E-state index is 10.8. The lowest BCUT2D eigenvalue weighted by molar-refractivity contribution is -0.387. The van der Waals surface area contributed by atoms with E-state index >= 15 is 0 Å². The van der Waals surface area contributed by atoms with Gasteiger partial charge in [0.15, 0.2) is 0 Å². The minimum atomic E-state index is -0.401. The van der Waals surface area contributed by atoms with E-state index in [2.05, 4.69) is 4.72 Å². The average Bonchev–Trinajstić information content (AvgIpc) is 2.37. The molecule has 4 nitrogen and oxygen atoms in total. The molecule has 0 aliphatic rings. The van der Waals surface area contributed by atoms with Gasteiger partial charge in [0.05, 0.1) is 4.92 Å². The summed E-state index contributed by atoms with van der Waals surface area (Å²) >= 11 is 7.04. The van der Waals surface area contributed by atoms with Crippen LogP contribution in [0.1, 0.15) is 0 Å². The summed E-state index contributed by atoms with van der Waals surface area (Å²) in [5.74, 6) is 0. The highest BCUT2D eigenvalue weighted by molar-refractivity contribution is 8.00. The molecule has 0 fully saturated rings. The Morgan fingerprint density at radius 3 is 2.67 bits per heavy atom. The Labute approximate surface area is 113 Å². The molecule has 2 aromatic carbocycles. The second kappa shape index (κ2) is 5.75. The van der Waals surface area contributed by atoms with Crippen LogP contribution in [0, 0.1) is 10.1 Å². The Balaban J connectivity index is 2.13. The summed E-state index contributed by atoms with van der Waals surface area (Å²) in [5, 5.41) is 11.4. The third kappa shape index (κ3) is 3.15. The maximum atomic E-state index is 10.8. The molecule has 0 spiro atoms. The molecule has 1 N–H and O–H groups in total. The average molecular weight is 281 g/mol. The molecule has 0 atom stereocenters. The molecule has 92 valence electrons. The largest absolute Gasteiger partial charge is 0.325 e. The lowest BCUT2D eigenvalue weighted by atomic mass is 10.3. The molecule has 0 saturated heterocycles. The van der Waals surface area contributed by atoms with Crippen LogP contribution in [0.25, 0.3) is 0 Å². The zero-order valence-corrected chi connectivity index (χ0v) is 10.7. The number of nitrogens with one attached hydrogen (secondary N) is 1. The van der Waals surface area contributed by atoms with E-state index in [1.807, 2.05) is 12.1 Å². The molecule has 6 heteroatoms. The first-order chi connectivity index (χ1) is 8.66. The number of benzene rings is 2. The van der Waals surface area contributed by atoms with Crippen molar-refractivity contribution in [1.82, 2.24) is 0 Å². The van der Waals surface area contributed by atoms with Gasteiger partial charge in [0.25, 0.3) is 5.69 Å². The summed E-state index contributed by atoms with van der Waals surface area (Å²) in [6.07, 6.45) is 0. The number of hydrogen-bond acceptors (Lipinski definition) is 4. The number of rotatable bonds is 4. The van der Waals surface area contributed by atoms with Gasteiger partial charge in [-0.15, -0.1) is 0 Å². The van der Waals surface area contributed by atoms with Crippen LogP contribution in [-0.2, 0) is 0 Å². The summed E-state index contributed by atoms with van der Waals surface area (Å²) in [4.78, 5) is 11.0. The van der Waals surface area contributed by atoms with Crippen molar-refractivity contribution < 1.29 is 4.92 Å². The minimum absolute atomic E-state index is 0.0806. The quantitative estimate of drug-likeness (QED) is 0.513. The van der Waals surface area contributed by atoms with Crippen molar-refractivity contribution in [3.63, 3.8) is 0 Å². The first kappa shape index (κ1) is 12.7. The highest BCUT2D eigenvalue weighted by Crippen LogP contribution is 2.30. The summed E-state index contributed by atoms with van der Waals surface area (Å²) in [6.45, 7) is 0. The van der Waals surface area contributed by atoms with Crippen LogP contribution in [0.3, 0.4) is 0 Å². The second-order valence-electron chi connectivity index (χ2n) is 3.44. The number of nitro benzene ring substituents is 1. The third-order valence-electron chi connectivity index (χ3n) is 2.17. The fourth-order valence-electron chi connectivity index (χ4n) is 1.36. The van der Waals surface area contributed by atoms with Gasteiger partial charge in [0, 0.05) is 16.8 Å². The van der Waals surface area contributed by atoms with E-state index < -0.39 is 4.92 Å². The summed E-state index contributed by atoms with van der Waals surface area (Å²) in [7, 11) is 0. The lowest BCUT2D eigenvalue weighted by Crippen LogP contribution is -1.93. The molecule has 0 unspecified atom stereocenters. The molecule has 0 aromatic heterocycles. The molecule has 0 radical (unpaired) electrons. The number of nitro groups is 1. The van der Waals surface area contributed by atoms with Crippen molar-refractivity contribution in [3.8, 4) is 0 Å². The number of para-hydroxylation sites is 1.